The summed E-state index contributed by atoms with van der Waals surface area (Å²) in [6.07, 6.45) is 2.08. The lowest BCUT2D eigenvalue weighted by Gasteiger charge is -2.10. The van der Waals surface area contributed by atoms with Crippen LogP contribution in [0.15, 0.2) is 46.0 Å². The number of methoxy groups -OCH3 is 1. The van der Waals surface area contributed by atoms with Gasteiger partial charge in [-0.2, -0.15) is 5.10 Å². The highest BCUT2D eigenvalue weighted by atomic mass is 79.9. The van der Waals surface area contributed by atoms with Crippen LogP contribution < -0.4 is 14.9 Å². The first-order chi connectivity index (χ1) is 12.9. The topological polar surface area (TPSA) is 103 Å². The molecule has 2 aromatic rings. The highest BCUT2D eigenvalue weighted by Gasteiger charge is 2.14. The molecule has 2 aromatic carbocycles. The normalized spacial score (nSPS) is 10.6. The van der Waals surface area contributed by atoms with Crippen LogP contribution in [-0.4, -0.2) is 30.8 Å². The van der Waals surface area contributed by atoms with Gasteiger partial charge in [0, 0.05) is 16.1 Å². The molecule has 2 rings (SSSR count). The number of benzene rings is 2. The maximum absolute atomic E-state index is 11.9. The van der Waals surface area contributed by atoms with Gasteiger partial charge in [0.15, 0.2) is 12.4 Å². The zero-order valence-electron chi connectivity index (χ0n) is 14.8. The minimum Gasteiger partial charge on any atom is -0.490 e. The molecule has 27 heavy (non-hydrogen) atoms. The van der Waals surface area contributed by atoms with E-state index in [4.69, 9.17) is 9.47 Å². The van der Waals surface area contributed by atoms with Crippen LogP contribution in [0.25, 0.3) is 0 Å². The van der Waals surface area contributed by atoms with Gasteiger partial charge in [-0.3, -0.25) is 14.9 Å². The van der Waals surface area contributed by atoms with E-state index < -0.39 is 10.8 Å². The van der Waals surface area contributed by atoms with Gasteiger partial charge in [-0.1, -0.05) is 22.9 Å². The Hall–Kier alpha value is -2.94. The van der Waals surface area contributed by atoms with Gasteiger partial charge in [0.1, 0.15) is 5.75 Å². The van der Waals surface area contributed by atoms with Gasteiger partial charge in [-0.25, -0.2) is 5.43 Å². The Morgan fingerprint density at radius 2 is 2.04 bits per heavy atom. The molecule has 1 N–H and O–H groups in total. The monoisotopic (exact) mass is 435 g/mol. The molecule has 142 valence electrons. The number of amides is 1. The van der Waals surface area contributed by atoms with Gasteiger partial charge >= 0.3 is 5.69 Å². The van der Waals surface area contributed by atoms with Crippen molar-refractivity contribution in [2.75, 3.05) is 13.7 Å². The lowest BCUT2D eigenvalue weighted by Crippen LogP contribution is -2.24. The maximum Gasteiger partial charge on any atom is 0.311 e. The molecule has 9 heteroatoms. The number of rotatable bonds is 8. The number of nitrogens with one attached hydrogen (secondary N) is 1. The van der Waals surface area contributed by atoms with E-state index >= 15 is 0 Å². The summed E-state index contributed by atoms with van der Waals surface area (Å²) in [4.78, 5) is 22.3. The van der Waals surface area contributed by atoms with Gasteiger partial charge in [-0.05, 0) is 42.3 Å². The number of hydrogen-bond donors (Lipinski definition) is 1. The van der Waals surface area contributed by atoms with Crippen LogP contribution in [0.2, 0.25) is 0 Å². The van der Waals surface area contributed by atoms with Crippen LogP contribution in [0.4, 0.5) is 5.69 Å². The van der Waals surface area contributed by atoms with E-state index in [0.717, 1.165) is 16.5 Å². The second-order valence-corrected chi connectivity index (χ2v) is 6.29. The average molecular weight is 436 g/mol. The fourth-order valence-electron chi connectivity index (χ4n) is 2.25. The van der Waals surface area contributed by atoms with E-state index in [0.29, 0.717) is 11.3 Å². The summed E-state index contributed by atoms with van der Waals surface area (Å²) in [6.45, 7) is 1.79. The van der Waals surface area contributed by atoms with Crippen molar-refractivity contribution < 1.29 is 19.2 Å². The Labute approximate surface area is 164 Å². The van der Waals surface area contributed by atoms with E-state index in [9.17, 15) is 14.9 Å². The number of aryl methyl sites for hydroxylation is 1. The number of carbonyl (C=O) groups excluding carboxylic acids is 1. The Morgan fingerprint density at radius 3 is 2.70 bits per heavy atom. The number of carbonyl (C=O) groups is 1. The van der Waals surface area contributed by atoms with Crippen LogP contribution in [0.1, 0.15) is 18.1 Å². The Morgan fingerprint density at radius 1 is 1.30 bits per heavy atom. The smallest absolute Gasteiger partial charge is 0.311 e. The molecule has 0 spiro atoms. The van der Waals surface area contributed by atoms with E-state index in [1.807, 2.05) is 19.1 Å². The molecule has 0 heterocycles. The van der Waals surface area contributed by atoms with Crippen LogP contribution in [0, 0.1) is 10.1 Å². The SMILES string of the molecule is CCc1cc(Br)ccc1OCC(=O)N/N=C/c1ccc(OC)c([N+](=O)[O-])c1. The lowest BCUT2D eigenvalue weighted by molar-refractivity contribution is -0.385. The molecule has 0 aliphatic heterocycles. The minimum absolute atomic E-state index is 0.149. The molecule has 8 nitrogen and oxygen atoms in total. The van der Waals surface area contributed by atoms with Crippen LogP contribution in [-0.2, 0) is 11.2 Å². The second kappa shape index (κ2) is 9.67. The fourth-order valence-corrected chi connectivity index (χ4v) is 2.66. The molecular weight excluding hydrogens is 418 g/mol. The largest absolute Gasteiger partial charge is 0.490 e. The van der Waals surface area contributed by atoms with Crippen LogP contribution >= 0.6 is 15.9 Å². The van der Waals surface area contributed by atoms with Crippen molar-refractivity contribution in [2.24, 2.45) is 5.10 Å². The average Bonchev–Trinajstić information content (AvgIpc) is 2.66. The number of hydrazone groups is 1. The number of ether oxygens (including phenoxy) is 2. The molecule has 0 radical (unpaired) electrons. The minimum atomic E-state index is -0.549. The highest BCUT2D eigenvalue weighted by molar-refractivity contribution is 9.10. The van der Waals surface area contributed by atoms with Gasteiger partial charge in [0.05, 0.1) is 18.2 Å². The van der Waals surface area contributed by atoms with E-state index in [1.165, 1.54) is 25.5 Å². The van der Waals surface area contributed by atoms with Gasteiger partial charge < -0.3 is 9.47 Å². The fraction of sp³-hybridized carbons (Fsp3) is 0.222. The molecule has 0 fully saturated rings. The molecule has 0 unspecified atom stereocenters. The number of nitro benzene ring substituents is 1. The third kappa shape index (κ3) is 5.78. The van der Waals surface area contributed by atoms with Gasteiger partial charge in [-0.15, -0.1) is 0 Å². The molecule has 0 aliphatic rings. The summed E-state index contributed by atoms with van der Waals surface area (Å²) in [5.41, 5.74) is 3.57. The van der Waals surface area contributed by atoms with Crippen LogP contribution in [0.5, 0.6) is 11.5 Å². The van der Waals surface area contributed by atoms with Crippen molar-refractivity contribution in [2.45, 2.75) is 13.3 Å². The third-order valence-electron chi connectivity index (χ3n) is 3.56. The van der Waals surface area contributed by atoms with Crippen molar-refractivity contribution in [1.29, 1.82) is 0 Å². The Kier molecular flexibility index (Phi) is 7.30. The first kappa shape index (κ1) is 20.4. The molecule has 0 aliphatic carbocycles. The number of nitrogens with zero attached hydrogens (tertiary/aromatic N) is 2. The summed E-state index contributed by atoms with van der Waals surface area (Å²) in [6, 6.07) is 9.91. The summed E-state index contributed by atoms with van der Waals surface area (Å²) in [5, 5.41) is 14.8. The zero-order chi connectivity index (χ0) is 19.8. The second-order valence-electron chi connectivity index (χ2n) is 5.38. The summed E-state index contributed by atoms with van der Waals surface area (Å²) in [7, 11) is 1.35. The number of halogens is 1. The molecule has 0 saturated carbocycles. The molecule has 0 bridgehead atoms. The first-order valence-electron chi connectivity index (χ1n) is 8.00. The molecular formula is C18H18BrN3O5. The molecule has 0 saturated heterocycles. The Bertz CT molecular complexity index is 870. The molecule has 0 aromatic heterocycles. The third-order valence-corrected chi connectivity index (χ3v) is 4.06. The maximum atomic E-state index is 11.9. The standard InChI is InChI=1S/C18H18BrN3O5/c1-3-13-9-14(19)5-7-16(13)27-11-18(23)21-20-10-12-4-6-17(26-2)15(8-12)22(24)25/h4-10H,3,11H2,1-2H3,(H,21,23)/b20-10+. The van der Waals surface area contributed by atoms with E-state index in [-0.39, 0.29) is 18.0 Å². The molecule has 1 amide bonds. The molecule has 0 atom stereocenters. The predicted octanol–water partition coefficient (Wildman–Crippen LogP) is 3.46. The van der Waals surface area contributed by atoms with Gasteiger partial charge in [0.2, 0.25) is 0 Å². The van der Waals surface area contributed by atoms with Gasteiger partial charge in [0.25, 0.3) is 5.91 Å². The van der Waals surface area contributed by atoms with Crippen molar-refractivity contribution >= 4 is 33.7 Å². The van der Waals surface area contributed by atoms with E-state index in [2.05, 4.69) is 26.5 Å². The summed E-state index contributed by atoms with van der Waals surface area (Å²) < 4.78 is 11.4. The summed E-state index contributed by atoms with van der Waals surface area (Å²) in [5.74, 6) is 0.334. The zero-order valence-corrected chi connectivity index (χ0v) is 16.4. The van der Waals surface area contributed by atoms with Crippen molar-refractivity contribution in [1.82, 2.24) is 5.43 Å². The van der Waals surface area contributed by atoms with Crippen molar-refractivity contribution in [3.8, 4) is 11.5 Å². The summed E-state index contributed by atoms with van der Waals surface area (Å²) >= 11 is 3.39. The highest BCUT2D eigenvalue weighted by Crippen LogP contribution is 2.27. The van der Waals surface area contributed by atoms with E-state index in [1.54, 1.807) is 12.1 Å². The van der Waals surface area contributed by atoms with Crippen LogP contribution in [0.3, 0.4) is 0 Å². The Balaban J connectivity index is 1.94. The predicted molar refractivity (Wildman–Crippen MR) is 104 cm³/mol. The number of nitro groups is 1. The quantitative estimate of drug-likeness (QED) is 0.388. The number of hydrogen-bond acceptors (Lipinski definition) is 6. The van der Waals surface area contributed by atoms with Crippen molar-refractivity contribution in [3.05, 3.63) is 62.1 Å². The first-order valence-corrected chi connectivity index (χ1v) is 8.79. The lowest BCUT2D eigenvalue weighted by atomic mass is 10.1. The van der Waals surface area contributed by atoms with Crippen molar-refractivity contribution in [3.63, 3.8) is 0 Å².